The van der Waals surface area contributed by atoms with Gasteiger partial charge in [-0.15, -0.1) is 11.3 Å². The number of hydrogen-bond acceptors (Lipinski definition) is 4. The second-order valence-corrected chi connectivity index (χ2v) is 5.44. The smallest absolute Gasteiger partial charge is 0.194 e. The van der Waals surface area contributed by atoms with Gasteiger partial charge in [0.25, 0.3) is 0 Å². The molecule has 0 fully saturated rings. The summed E-state index contributed by atoms with van der Waals surface area (Å²) in [5, 5.41) is 14.3. The number of unbranched alkanes of at least 4 members (excludes halogenated alkanes) is 2. The SMILES string of the molecule is Cc1nc2scc(C)n2c1CNCCCCCO. The van der Waals surface area contributed by atoms with Gasteiger partial charge in [0.1, 0.15) is 0 Å². The van der Waals surface area contributed by atoms with E-state index in [0.29, 0.717) is 6.61 Å². The van der Waals surface area contributed by atoms with Gasteiger partial charge in [0.2, 0.25) is 0 Å². The van der Waals surface area contributed by atoms with Gasteiger partial charge < -0.3 is 10.4 Å². The number of aryl methyl sites for hydroxylation is 2. The van der Waals surface area contributed by atoms with Crippen LogP contribution in [0.2, 0.25) is 0 Å². The molecule has 0 amide bonds. The minimum atomic E-state index is 0.302. The van der Waals surface area contributed by atoms with Crippen LogP contribution >= 0.6 is 11.3 Å². The third-order valence-electron chi connectivity index (χ3n) is 3.13. The second-order valence-electron chi connectivity index (χ2n) is 4.60. The highest BCUT2D eigenvalue weighted by molar-refractivity contribution is 7.15. The molecule has 2 rings (SSSR count). The molecule has 0 spiro atoms. The van der Waals surface area contributed by atoms with Crippen molar-refractivity contribution >= 4 is 16.3 Å². The Morgan fingerprint density at radius 3 is 2.94 bits per heavy atom. The Hall–Kier alpha value is -0.910. The van der Waals surface area contributed by atoms with Gasteiger partial charge in [0.05, 0.1) is 11.4 Å². The van der Waals surface area contributed by atoms with Crippen LogP contribution in [0.5, 0.6) is 0 Å². The molecular weight excluding hydrogens is 246 g/mol. The molecule has 5 heteroatoms. The van der Waals surface area contributed by atoms with Gasteiger partial charge in [-0.2, -0.15) is 0 Å². The van der Waals surface area contributed by atoms with Gasteiger partial charge in [-0.25, -0.2) is 4.98 Å². The molecule has 0 aromatic carbocycles. The Morgan fingerprint density at radius 1 is 1.33 bits per heavy atom. The average molecular weight is 267 g/mol. The van der Waals surface area contributed by atoms with Crippen LogP contribution in [-0.4, -0.2) is 27.6 Å². The first-order valence-electron chi connectivity index (χ1n) is 6.47. The first-order valence-corrected chi connectivity index (χ1v) is 7.35. The summed E-state index contributed by atoms with van der Waals surface area (Å²) in [4.78, 5) is 5.66. The molecule has 0 bridgehead atoms. The Bertz CT molecular complexity index is 504. The van der Waals surface area contributed by atoms with Crippen molar-refractivity contribution in [1.82, 2.24) is 14.7 Å². The molecule has 100 valence electrons. The first-order chi connectivity index (χ1) is 8.74. The van der Waals surface area contributed by atoms with Crippen molar-refractivity contribution in [3.8, 4) is 0 Å². The number of aromatic nitrogens is 2. The normalized spacial score (nSPS) is 11.5. The molecule has 0 aliphatic rings. The molecular formula is C13H21N3OS. The number of imidazole rings is 1. The molecule has 4 nitrogen and oxygen atoms in total. The number of thiazole rings is 1. The van der Waals surface area contributed by atoms with Gasteiger partial charge >= 0.3 is 0 Å². The lowest BCUT2D eigenvalue weighted by atomic mass is 10.2. The molecule has 2 heterocycles. The number of fused-ring (bicyclic) bond motifs is 1. The number of rotatable bonds is 7. The summed E-state index contributed by atoms with van der Waals surface area (Å²) < 4.78 is 2.24. The molecule has 2 N–H and O–H groups in total. The summed E-state index contributed by atoms with van der Waals surface area (Å²) in [6, 6.07) is 0. The fraction of sp³-hybridized carbons (Fsp3) is 0.615. The molecule has 0 saturated carbocycles. The molecule has 18 heavy (non-hydrogen) atoms. The lowest BCUT2D eigenvalue weighted by Crippen LogP contribution is -2.16. The Balaban J connectivity index is 1.91. The van der Waals surface area contributed by atoms with Crippen molar-refractivity contribution in [2.45, 2.75) is 39.7 Å². The molecule has 0 aliphatic heterocycles. The minimum absolute atomic E-state index is 0.302. The maximum Gasteiger partial charge on any atom is 0.194 e. The number of aliphatic hydroxyl groups is 1. The quantitative estimate of drug-likeness (QED) is 0.757. The summed E-state index contributed by atoms with van der Waals surface area (Å²) in [7, 11) is 0. The van der Waals surface area contributed by atoms with Crippen molar-refractivity contribution < 1.29 is 5.11 Å². The van der Waals surface area contributed by atoms with Crippen molar-refractivity contribution in [2.24, 2.45) is 0 Å². The molecule has 0 aliphatic carbocycles. The zero-order valence-electron chi connectivity index (χ0n) is 11.1. The summed E-state index contributed by atoms with van der Waals surface area (Å²) in [6.45, 7) is 6.35. The maximum absolute atomic E-state index is 8.70. The van der Waals surface area contributed by atoms with Crippen LogP contribution in [0.3, 0.4) is 0 Å². The van der Waals surface area contributed by atoms with Gasteiger partial charge in [-0.1, -0.05) is 0 Å². The van der Waals surface area contributed by atoms with Gasteiger partial charge in [0, 0.05) is 24.2 Å². The van der Waals surface area contributed by atoms with Crippen molar-refractivity contribution in [1.29, 1.82) is 0 Å². The van der Waals surface area contributed by atoms with Crippen molar-refractivity contribution in [3.63, 3.8) is 0 Å². The minimum Gasteiger partial charge on any atom is -0.396 e. The Labute approximate surface area is 112 Å². The predicted octanol–water partition coefficient (Wildman–Crippen LogP) is 2.26. The van der Waals surface area contributed by atoms with E-state index in [0.717, 1.165) is 43.0 Å². The van der Waals surface area contributed by atoms with Crippen LogP contribution in [0.1, 0.15) is 36.3 Å². The van der Waals surface area contributed by atoms with E-state index in [4.69, 9.17) is 5.11 Å². The number of aliphatic hydroxyl groups excluding tert-OH is 1. The van der Waals surface area contributed by atoms with Crippen LogP contribution in [0.15, 0.2) is 5.38 Å². The standard InChI is InChI=1S/C13H21N3OS/c1-10-9-18-13-15-11(2)12(16(10)13)8-14-6-4-3-5-7-17/h9,14,17H,3-8H2,1-2H3. The van der Waals surface area contributed by atoms with Crippen molar-refractivity contribution in [3.05, 3.63) is 22.5 Å². The summed E-state index contributed by atoms with van der Waals surface area (Å²) in [5.41, 5.74) is 3.64. The lowest BCUT2D eigenvalue weighted by Gasteiger charge is -2.05. The van der Waals surface area contributed by atoms with E-state index in [1.54, 1.807) is 11.3 Å². The Kier molecular flexibility index (Phi) is 4.74. The highest BCUT2D eigenvalue weighted by Crippen LogP contribution is 2.20. The fourth-order valence-corrected chi connectivity index (χ4v) is 3.05. The average Bonchev–Trinajstić information content (AvgIpc) is 2.85. The van der Waals surface area contributed by atoms with Gasteiger partial charge in [0.15, 0.2) is 4.96 Å². The molecule has 0 radical (unpaired) electrons. The van der Waals surface area contributed by atoms with E-state index < -0.39 is 0 Å². The van der Waals surface area contributed by atoms with E-state index in [-0.39, 0.29) is 0 Å². The molecule has 0 unspecified atom stereocenters. The largest absolute Gasteiger partial charge is 0.396 e. The Morgan fingerprint density at radius 2 is 2.17 bits per heavy atom. The number of nitrogens with one attached hydrogen (secondary N) is 1. The number of nitrogens with zero attached hydrogens (tertiary/aromatic N) is 2. The van der Waals surface area contributed by atoms with Crippen LogP contribution in [0, 0.1) is 13.8 Å². The van der Waals surface area contributed by atoms with Crippen LogP contribution in [0.4, 0.5) is 0 Å². The van der Waals surface area contributed by atoms with E-state index in [1.165, 1.54) is 11.4 Å². The maximum atomic E-state index is 8.70. The molecule has 2 aromatic heterocycles. The van der Waals surface area contributed by atoms with Gasteiger partial charge in [-0.3, -0.25) is 4.40 Å². The number of hydrogen-bond donors (Lipinski definition) is 2. The molecule has 0 saturated heterocycles. The summed E-state index contributed by atoms with van der Waals surface area (Å²) in [6.07, 6.45) is 3.10. The second kappa shape index (κ2) is 6.31. The van der Waals surface area contributed by atoms with E-state index in [2.05, 4.69) is 33.9 Å². The highest BCUT2D eigenvalue weighted by atomic mass is 32.1. The van der Waals surface area contributed by atoms with Crippen LogP contribution < -0.4 is 5.32 Å². The van der Waals surface area contributed by atoms with Crippen LogP contribution in [0.25, 0.3) is 4.96 Å². The summed E-state index contributed by atoms with van der Waals surface area (Å²) >= 11 is 1.70. The third-order valence-corrected chi connectivity index (χ3v) is 4.08. The zero-order valence-corrected chi connectivity index (χ0v) is 11.9. The summed E-state index contributed by atoms with van der Waals surface area (Å²) in [5.74, 6) is 0. The van der Waals surface area contributed by atoms with Crippen molar-refractivity contribution in [2.75, 3.05) is 13.2 Å². The zero-order chi connectivity index (χ0) is 13.0. The predicted molar refractivity (Wildman–Crippen MR) is 75.2 cm³/mol. The van der Waals surface area contributed by atoms with E-state index in [9.17, 15) is 0 Å². The van der Waals surface area contributed by atoms with E-state index in [1.807, 2.05) is 0 Å². The topological polar surface area (TPSA) is 49.6 Å². The monoisotopic (exact) mass is 267 g/mol. The van der Waals surface area contributed by atoms with Gasteiger partial charge in [-0.05, 0) is 39.7 Å². The molecule has 2 aromatic rings. The third kappa shape index (κ3) is 2.91. The lowest BCUT2D eigenvalue weighted by molar-refractivity contribution is 0.283. The highest BCUT2D eigenvalue weighted by Gasteiger charge is 2.11. The fourth-order valence-electron chi connectivity index (χ4n) is 2.12. The molecule has 0 atom stereocenters. The van der Waals surface area contributed by atoms with Crippen LogP contribution in [-0.2, 0) is 6.54 Å². The van der Waals surface area contributed by atoms with E-state index >= 15 is 0 Å². The first kappa shape index (κ1) is 13.5.